The van der Waals surface area contributed by atoms with Gasteiger partial charge in [0.15, 0.2) is 0 Å². The van der Waals surface area contributed by atoms with E-state index in [9.17, 15) is 0 Å². The molecule has 0 spiro atoms. The van der Waals surface area contributed by atoms with Crippen LogP contribution in [0.3, 0.4) is 0 Å². The van der Waals surface area contributed by atoms with Crippen molar-refractivity contribution < 1.29 is 0 Å². The zero-order valence-electron chi connectivity index (χ0n) is 11.1. The van der Waals surface area contributed by atoms with Gasteiger partial charge in [-0.05, 0) is 41.8 Å². The summed E-state index contributed by atoms with van der Waals surface area (Å²) in [6.07, 6.45) is 3.33. The number of benzene rings is 1. The second-order valence-corrected chi connectivity index (χ2v) is 8.20. The van der Waals surface area contributed by atoms with E-state index in [0.717, 1.165) is 0 Å². The Balaban J connectivity index is 1.88. The Kier molecular flexibility index (Phi) is 4.10. The fourth-order valence-corrected chi connectivity index (χ4v) is 5.57. The van der Waals surface area contributed by atoms with Crippen LogP contribution < -0.4 is 5.32 Å². The molecule has 1 aliphatic rings. The van der Waals surface area contributed by atoms with Crippen molar-refractivity contribution in [3.63, 3.8) is 0 Å². The molecule has 0 bridgehead atoms. The Labute approximate surface area is 127 Å². The van der Waals surface area contributed by atoms with E-state index in [1.54, 1.807) is 11.8 Å². The predicted octanol–water partition coefficient (Wildman–Crippen LogP) is 5.51. The van der Waals surface area contributed by atoms with E-state index in [0.29, 0.717) is 11.3 Å². The van der Waals surface area contributed by atoms with Gasteiger partial charge in [0.05, 0.1) is 10.3 Å². The Morgan fingerprint density at radius 1 is 1.26 bits per heavy atom. The van der Waals surface area contributed by atoms with Gasteiger partial charge in [0, 0.05) is 15.8 Å². The van der Waals surface area contributed by atoms with E-state index in [2.05, 4.69) is 54.2 Å². The van der Waals surface area contributed by atoms with Gasteiger partial charge in [-0.3, -0.25) is 0 Å². The van der Waals surface area contributed by atoms with Crippen molar-refractivity contribution in [2.24, 2.45) is 0 Å². The normalized spacial score (nSPS) is 22.0. The van der Waals surface area contributed by atoms with Gasteiger partial charge in [0.1, 0.15) is 0 Å². The lowest BCUT2D eigenvalue weighted by atomic mass is 10.0. The summed E-state index contributed by atoms with van der Waals surface area (Å²) in [5, 5.41) is 6.64. The minimum atomic E-state index is 0.450. The van der Waals surface area contributed by atoms with Gasteiger partial charge in [0.25, 0.3) is 0 Å². The highest BCUT2D eigenvalue weighted by Crippen LogP contribution is 2.45. The molecule has 1 aromatic carbocycles. The minimum absolute atomic E-state index is 0.450. The fourth-order valence-electron chi connectivity index (χ4n) is 2.44. The molecule has 0 radical (unpaired) electrons. The lowest BCUT2D eigenvalue weighted by Gasteiger charge is -2.29. The number of hydrogen-bond acceptors (Lipinski definition) is 4. The summed E-state index contributed by atoms with van der Waals surface area (Å²) in [6, 6.07) is 11.3. The Morgan fingerprint density at radius 2 is 2.11 bits per heavy atom. The monoisotopic (exact) mass is 307 g/mol. The van der Waals surface area contributed by atoms with Crippen LogP contribution in [0.15, 0.2) is 44.8 Å². The molecule has 1 N–H and O–H groups in total. The average Bonchev–Trinajstić information content (AvgIpc) is 2.87. The first-order valence-corrected chi connectivity index (χ1v) is 9.40. The number of nitrogens with one attached hydrogen (secondary N) is 1. The van der Waals surface area contributed by atoms with Gasteiger partial charge in [-0.15, -0.1) is 34.9 Å². The number of thiophene rings is 1. The minimum Gasteiger partial charge on any atom is -0.377 e. The predicted molar refractivity (Wildman–Crippen MR) is 88.8 cm³/mol. The molecule has 0 saturated carbocycles. The maximum absolute atomic E-state index is 3.75. The van der Waals surface area contributed by atoms with Crippen molar-refractivity contribution in [1.29, 1.82) is 0 Å². The van der Waals surface area contributed by atoms with Gasteiger partial charge >= 0.3 is 0 Å². The van der Waals surface area contributed by atoms with E-state index in [1.807, 2.05) is 23.1 Å². The number of anilines is 1. The first-order chi connectivity index (χ1) is 9.28. The molecule has 1 aliphatic heterocycles. The van der Waals surface area contributed by atoms with E-state index in [1.165, 1.54) is 26.8 Å². The summed E-state index contributed by atoms with van der Waals surface area (Å²) in [5.74, 6) is 0. The maximum Gasteiger partial charge on any atom is 0.0653 e. The lowest BCUT2D eigenvalue weighted by Crippen LogP contribution is -2.19. The lowest BCUT2D eigenvalue weighted by molar-refractivity contribution is 0.668. The summed E-state index contributed by atoms with van der Waals surface area (Å²) in [4.78, 5) is 1.32. The molecule has 0 saturated heterocycles. The SMILES string of the molecule is CSc1ccccc1NC1C[C@H](C)Sc2sccc21. The highest BCUT2D eigenvalue weighted by Gasteiger charge is 2.26. The van der Waals surface area contributed by atoms with Gasteiger partial charge in [-0.25, -0.2) is 0 Å². The largest absolute Gasteiger partial charge is 0.377 e. The second kappa shape index (κ2) is 5.81. The number of thioether (sulfide) groups is 2. The third kappa shape index (κ3) is 2.81. The van der Waals surface area contributed by atoms with Crippen LogP contribution in [0.1, 0.15) is 24.9 Å². The molecule has 1 unspecified atom stereocenters. The molecule has 0 aliphatic carbocycles. The van der Waals surface area contributed by atoms with Crippen molar-refractivity contribution in [2.75, 3.05) is 11.6 Å². The molecular formula is C15H17NS3. The van der Waals surface area contributed by atoms with Gasteiger partial charge in [-0.2, -0.15) is 0 Å². The van der Waals surface area contributed by atoms with Crippen LogP contribution in [0.5, 0.6) is 0 Å². The summed E-state index contributed by atoms with van der Waals surface area (Å²) in [5.41, 5.74) is 2.74. The third-order valence-electron chi connectivity index (χ3n) is 3.35. The van der Waals surface area contributed by atoms with E-state index in [-0.39, 0.29) is 0 Å². The molecule has 0 fully saturated rings. The number of fused-ring (bicyclic) bond motifs is 1. The Morgan fingerprint density at radius 3 is 2.95 bits per heavy atom. The number of rotatable bonds is 3. The van der Waals surface area contributed by atoms with Gasteiger partial charge < -0.3 is 5.32 Å². The number of para-hydroxylation sites is 1. The molecular weight excluding hydrogens is 290 g/mol. The molecule has 2 aromatic rings. The average molecular weight is 308 g/mol. The van der Waals surface area contributed by atoms with E-state index in [4.69, 9.17) is 0 Å². The third-order valence-corrected chi connectivity index (χ3v) is 6.49. The second-order valence-electron chi connectivity index (χ2n) is 4.72. The molecule has 3 rings (SSSR count). The van der Waals surface area contributed by atoms with Crippen LogP contribution >= 0.6 is 34.9 Å². The highest BCUT2D eigenvalue weighted by atomic mass is 32.2. The standard InChI is InChI=1S/C15H17NS3/c1-10-9-13(11-7-8-18-15(11)19-10)16-12-5-3-4-6-14(12)17-2/h3-8,10,13,16H,9H2,1-2H3/t10-,13?/m0/s1. The fraction of sp³-hybridized carbons (Fsp3) is 0.333. The summed E-state index contributed by atoms with van der Waals surface area (Å²) >= 11 is 5.69. The molecule has 1 aromatic heterocycles. The first kappa shape index (κ1) is 13.4. The molecule has 4 heteroatoms. The van der Waals surface area contributed by atoms with Gasteiger partial charge in [-0.1, -0.05) is 19.1 Å². The zero-order valence-corrected chi connectivity index (χ0v) is 13.5. The maximum atomic E-state index is 3.75. The highest BCUT2D eigenvalue weighted by molar-refractivity contribution is 8.01. The smallest absolute Gasteiger partial charge is 0.0653 e. The first-order valence-electron chi connectivity index (χ1n) is 6.41. The van der Waals surface area contributed by atoms with E-state index >= 15 is 0 Å². The summed E-state index contributed by atoms with van der Waals surface area (Å²) in [7, 11) is 0. The molecule has 100 valence electrons. The molecule has 19 heavy (non-hydrogen) atoms. The quantitative estimate of drug-likeness (QED) is 0.751. The van der Waals surface area contributed by atoms with E-state index < -0.39 is 0 Å². The van der Waals surface area contributed by atoms with Crippen molar-refractivity contribution in [3.8, 4) is 0 Å². The van der Waals surface area contributed by atoms with Crippen molar-refractivity contribution in [3.05, 3.63) is 41.3 Å². The Hall–Kier alpha value is -0.580. The van der Waals surface area contributed by atoms with Crippen LogP contribution in [-0.2, 0) is 0 Å². The number of hydrogen-bond donors (Lipinski definition) is 1. The summed E-state index contributed by atoms with van der Waals surface area (Å²) < 4.78 is 1.48. The molecule has 0 amide bonds. The van der Waals surface area contributed by atoms with Gasteiger partial charge in [0.2, 0.25) is 0 Å². The summed E-state index contributed by atoms with van der Waals surface area (Å²) in [6.45, 7) is 2.32. The van der Waals surface area contributed by atoms with Crippen LogP contribution in [0, 0.1) is 0 Å². The van der Waals surface area contributed by atoms with Crippen LogP contribution in [0.25, 0.3) is 0 Å². The Bertz CT molecular complexity index is 564. The zero-order chi connectivity index (χ0) is 13.2. The molecule has 1 nitrogen and oxygen atoms in total. The van der Waals surface area contributed by atoms with Crippen molar-refractivity contribution >= 4 is 40.5 Å². The van der Waals surface area contributed by atoms with Crippen LogP contribution in [-0.4, -0.2) is 11.5 Å². The topological polar surface area (TPSA) is 12.0 Å². The van der Waals surface area contributed by atoms with Crippen LogP contribution in [0.4, 0.5) is 5.69 Å². The molecule has 2 atom stereocenters. The van der Waals surface area contributed by atoms with Crippen molar-refractivity contribution in [1.82, 2.24) is 0 Å². The van der Waals surface area contributed by atoms with Crippen molar-refractivity contribution in [2.45, 2.75) is 33.7 Å². The van der Waals surface area contributed by atoms with Crippen LogP contribution in [0.2, 0.25) is 0 Å². The molecule has 2 heterocycles.